The summed E-state index contributed by atoms with van der Waals surface area (Å²) in [4.78, 5) is 14.0. The molecular weight excluding hydrogens is 190 g/mol. The van der Waals surface area contributed by atoms with Gasteiger partial charge >= 0.3 is 0 Å². The first-order valence-corrected chi connectivity index (χ1v) is 6.00. The SMILES string of the molecule is CC1CNCCN1C1CCCNC(=O)C1. The Morgan fingerprint density at radius 2 is 2.27 bits per heavy atom. The monoisotopic (exact) mass is 211 g/mol. The van der Waals surface area contributed by atoms with Crippen molar-refractivity contribution in [2.75, 3.05) is 26.2 Å². The number of nitrogens with zero attached hydrogens (tertiary/aromatic N) is 1. The highest BCUT2D eigenvalue weighted by atomic mass is 16.1. The van der Waals surface area contributed by atoms with Gasteiger partial charge in [0, 0.05) is 44.7 Å². The van der Waals surface area contributed by atoms with E-state index in [0.717, 1.165) is 39.0 Å². The van der Waals surface area contributed by atoms with Crippen molar-refractivity contribution in [3.63, 3.8) is 0 Å². The number of nitrogens with one attached hydrogen (secondary N) is 2. The molecule has 2 heterocycles. The van der Waals surface area contributed by atoms with Crippen LogP contribution < -0.4 is 10.6 Å². The first kappa shape index (κ1) is 10.9. The van der Waals surface area contributed by atoms with Gasteiger partial charge in [0.25, 0.3) is 0 Å². The Labute approximate surface area is 91.4 Å². The molecular formula is C11H21N3O. The van der Waals surface area contributed by atoms with Crippen LogP contribution in [0.4, 0.5) is 0 Å². The molecule has 1 amide bonds. The van der Waals surface area contributed by atoms with Crippen molar-refractivity contribution in [2.24, 2.45) is 0 Å². The van der Waals surface area contributed by atoms with E-state index in [1.807, 2.05) is 0 Å². The summed E-state index contributed by atoms with van der Waals surface area (Å²) in [6.45, 7) is 6.30. The summed E-state index contributed by atoms with van der Waals surface area (Å²) in [5.74, 6) is 0.225. The largest absolute Gasteiger partial charge is 0.356 e. The van der Waals surface area contributed by atoms with Gasteiger partial charge in [-0.3, -0.25) is 9.69 Å². The molecule has 0 aromatic carbocycles. The van der Waals surface area contributed by atoms with E-state index in [0.29, 0.717) is 18.5 Å². The summed E-state index contributed by atoms with van der Waals surface area (Å²) >= 11 is 0. The highest BCUT2D eigenvalue weighted by Gasteiger charge is 2.28. The Bertz CT molecular complexity index is 232. The average Bonchev–Trinajstić information content (AvgIpc) is 2.43. The predicted molar refractivity (Wildman–Crippen MR) is 59.7 cm³/mol. The molecule has 2 saturated heterocycles. The first-order valence-electron chi connectivity index (χ1n) is 6.00. The zero-order valence-corrected chi connectivity index (χ0v) is 9.46. The summed E-state index contributed by atoms with van der Waals surface area (Å²) < 4.78 is 0. The maximum atomic E-state index is 11.5. The van der Waals surface area contributed by atoms with Gasteiger partial charge in [-0.05, 0) is 19.8 Å². The molecule has 0 bridgehead atoms. The van der Waals surface area contributed by atoms with E-state index in [-0.39, 0.29) is 5.91 Å². The third kappa shape index (κ3) is 2.69. The highest BCUT2D eigenvalue weighted by molar-refractivity contribution is 5.76. The van der Waals surface area contributed by atoms with Gasteiger partial charge in [-0.25, -0.2) is 0 Å². The minimum atomic E-state index is 0.225. The predicted octanol–water partition coefficient (Wildman–Crippen LogP) is -0.0512. The van der Waals surface area contributed by atoms with Crippen LogP contribution in [0, 0.1) is 0 Å². The lowest BCUT2D eigenvalue weighted by atomic mass is 10.0. The van der Waals surface area contributed by atoms with Gasteiger partial charge in [0.15, 0.2) is 0 Å². The third-order valence-electron chi connectivity index (χ3n) is 3.48. The molecule has 2 aliphatic rings. The Morgan fingerprint density at radius 1 is 1.40 bits per heavy atom. The van der Waals surface area contributed by atoms with Gasteiger partial charge in [-0.2, -0.15) is 0 Å². The lowest BCUT2D eigenvalue weighted by Crippen LogP contribution is -2.54. The van der Waals surface area contributed by atoms with E-state index in [1.54, 1.807) is 0 Å². The smallest absolute Gasteiger partial charge is 0.221 e. The van der Waals surface area contributed by atoms with Gasteiger partial charge in [0.2, 0.25) is 5.91 Å². The van der Waals surface area contributed by atoms with Gasteiger partial charge in [0.05, 0.1) is 0 Å². The van der Waals surface area contributed by atoms with Crippen molar-refractivity contribution in [3.8, 4) is 0 Å². The van der Waals surface area contributed by atoms with Crippen LogP contribution in [-0.2, 0) is 4.79 Å². The topological polar surface area (TPSA) is 44.4 Å². The van der Waals surface area contributed by atoms with Crippen LogP contribution in [0.15, 0.2) is 0 Å². The second-order valence-corrected chi connectivity index (χ2v) is 4.64. The van der Waals surface area contributed by atoms with E-state index in [9.17, 15) is 4.79 Å². The Morgan fingerprint density at radius 3 is 3.07 bits per heavy atom. The third-order valence-corrected chi connectivity index (χ3v) is 3.48. The molecule has 86 valence electrons. The summed E-state index contributed by atoms with van der Waals surface area (Å²) in [7, 11) is 0. The lowest BCUT2D eigenvalue weighted by Gasteiger charge is -2.39. The zero-order valence-electron chi connectivity index (χ0n) is 9.46. The molecule has 2 unspecified atom stereocenters. The van der Waals surface area contributed by atoms with Crippen LogP contribution in [0.25, 0.3) is 0 Å². The number of hydrogen-bond acceptors (Lipinski definition) is 3. The van der Waals surface area contributed by atoms with Crippen molar-refractivity contribution in [1.82, 2.24) is 15.5 Å². The van der Waals surface area contributed by atoms with Gasteiger partial charge in [0.1, 0.15) is 0 Å². The van der Waals surface area contributed by atoms with Gasteiger partial charge in [-0.15, -0.1) is 0 Å². The van der Waals surface area contributed by atoms with E-state index < -0.39 is 0 Å². The number of carbonyl (C=O) groups excluding carboxylic acids is 1. The Hall–Kier alpha value is -0.610. The molecule has 2 aliphatic heterocycles. The van der Waals surface area contributed by atoms with Crippen LogP contribution in [-0.4, -0.2) is 49.1 Å². The molecule has 0 aromatic rings. The molecule has 2 N–H and O–H groups in total. The standard InChI is InChI=1S/C11H21N3O/c1-9-8-12-5-6-14(9)10-3-2-4-13-11(15)7-10/h9-10,12H,2-8H2,1H3,(H,13,15). The molecule has 0 radical (unpaired) electrons. The second kappa shape index (κ2) is 4.94. The quantitative estimate of drug-likeness (QED) is 0.639. The van der Waals surface area contributed by atoms with Gasteiger partial charge in [-0.1, -0.05) is 0 Å². The molecule has 0 aliphatic carbocycles. The normalized spacial score (nSPS) is 34.6. The van der Waals surface area contributed by atoms with E-state index in [2.05, 4.69) is 22.5 Å². The molecule has 15 heavy (non-hydrogen) atoms. The second-order valence-electron chi connectivity index (χ2n) is 4.64. The summed E-state index contributed by atoms with van der Waals surface area (Å²) in [6.07, 6.45) is 2.96. The van der Waals surface area contributed by atoms with Crippen molar-refractivity contribution < 1.29 is 4.79 Å². The minimum Gasteiger partial charge on any atom is -0.356 e. The molecule has 0 aromatic heterocycles. The fourth-order valence-corrected chi connectivity index (χ4v) is 2.64. The number of hydrogen-bond donors (Lipinski definition) is 2. The molecule has 2 fully saturated rings. The van der Waals surface area contributed by atoms with Crippen LogP contribution in [0.3, 0.4) is 0 Å². The van der Waals surface area contributed by atoms with E-state index in [4.69, 9.17) is 0 Å². The number of amides is 1. The van der Waals surface area contributed by atoms with Crippen molar-refractivity contribution in [2.45, 2.75) is 38.3 Å². The molecule has 2 rings (SSSR count). The molecule has 0 saturated carbocycles. The maximum absolute atomic E-state index is 11.5. The number of carbonyl (C=O) groups is 1. The van der Waals surface area contributed by atoms with E-state index in [1.165, 1.54) is 0 Å². The van der Waals surface area contributed by atoms with Crippen molar-refractivity contribution in [1.29, 1.82) is 0 Å². The average molecular weight is 211 g/mol. The lowest BCUT2D eigenvalue weighted by molar-refractivity contribution is -0.122. The molecule has 4 heteroatoms. The first-order chi connectivity index (χ1) is 7.27. The highest BCUT2D eigenvalue weighted by Crippen LogP contribution is 2.17. The zero-order chi connectivity index (χ0) is 10.7. The number of piperazine rings is 1. The van der Waals surface area contributed by atoms with E-state index >= 15 is 0 Å². The molecule has 2 atom stereocenters. The summed E-state index contributed by atoms with van der Waals surface area (Å²) in [6, 6.07) is 1.03. The molecule has 4 nitrogen and oxygen atoms in total. The summed E-state index contributed by atoms with van der Waals surface area (Å²) in [5.41, 5.74) is 0. The van der Waals surface area contributed by atoms with Gasteiger partial charge < -0.3 is 10.6 Å². The minimum absolute atomic E-state index is 0.225. The Balaban J connectivity index is 1.97. The fourth-order valence-electron chi connectivity index (χ4n) is 2.64. The molecule has 0 spiro atoms. The van der Waals surface area contributed by atoms with Crippen LogP contribution in [0.1, 0.15) is 26.2 Å². The Kier molecular flexibility index (Phi) is 3.59. The fraction of sp³-hybridized carbons (Fsp3) is 0.909. The van der Waals surface area contributed by atoms with Crippen LogP contribution >= 0.6 is 0 Å². The summed E-state index contributed by atoms with van der Waals surface area (Å²) in [5, 5.41) is 6.34. The van der Waals surface area contributed by atoms with Crippen LogP contribution in [0.5, 0.6) is 0 Å². The van der Waals surface area contributed by atoms with Crippen molar-refractivity contribution >= 4 is 5.91 Å². The van der Waals surface area contributed by atoms with Crippen molar-refractivity contribution in [3.05, 3.63) is 0 Å². The maximum Gasteiger partial charge on any atom is 0.221 e. The number of rotatable bonds is 1. The van der Waals surface area contributed by atoms with Crippen LogP contribution in [0.2, 0.25) is 0 Å².